The Morgan fingerprint density at radius 3 is 1.26 bits per heavy atom. The topological polar surface area (TPSA) is 77.3 Å². The van der Waals surface area contributed by atoms with Crippen molar-refractivity contribution in [1.29, 1.82) is 0 Å². The Balaban J connectivity index is 0.000000155. The van der Waals surface area contributed by atoms with E-state index >= 15 is 0 Å². The highest BCUT2D eigenvalue weighted by Gasteiger charge is 2.08. The number of aromatic nitrogens is 6. The molecule has 0 aliphatic carbocycles. The predicted octanol–water partition coefficient (Wildman–Crippen LogP) is 19.6. The van der Waals surface area contributed by atoms with Crippen molar-refractivity contribution >= 4 is 0 Å². The van der Waals surface area contributed by atoms with E-state index in [-0.39, 0.29) is 11.3 Å². The molecule has 0 N–H and O–H groups in total. The van der Waals surface area contributed by atoms with Gasteiger partial charge >= 0.3 is 0 Å². The van der Waals surface area contributed by atoms with Gasteiger partial charge < -0.3 is 0 Å². The first-order valence-corrected chi connectivity index (χ1v) is 27.0. The van der Waals surface area contributed by atoms with Crippen molar-refractivity contribution in [3.63, 3.8) is 0 Å². The second-order valence-corrected chi connectivity index (χ2v) is 19.3. The van der Waals surface area contributed by atoms with E-state index < -0.39 is 20.6 Å². The van der Waals surface area contributed by atoms with Crippen molar-refractivity contribution in [2.45, 2.75) is 69.0 Å². The predicted molar refractivity (Wildman–Crippen MR) is 345 cm³/mol. The number of aryl methyl sites for hydroxylation is 7. The fraction of sp³-hybridized carbons (Fsp3) is 0.132. The Morgan fingerprint density at radius 2 is 0.744 bits per heavy atom. The molecule has 0 saturated heterocycles. The van der Waals surface area contributed by atoms with Crippen LogP contribution in [0.25, 0.3) is 67.5 Å². The summed E-state index contributed by atoms with van der Waals surface area (Å²) >= 11 is 0. The summed E-state index contributed by atoms with van der Waals surface area (Å²) in [7, 11) is 0. The monoisotopic (exact) mass is 1080 g/mol. The molecule has 0 atom stereocenters. The van der Waals surface area contributed by atoms with Crippen LogP contribution in [0.15, 0.2) is 268 Å². The lowest BCUT2D eigenvalue weighted by Crippen LogP contribution is -1.94. The average molecular weight is 1080 g/mol. The molecule has 0 aliphatic heterocycles. The second kappa shape index (κ2) is 31.1. The van der Waals surface area contributed by atoms with E-state index in [0.717, 1.165) is 39.5 Å². The number of rotatable bonds is 6. The van der Waals surface area contributed by atoms with E-state index in [2.05, 4.69) is 121 Å². The third kappa shape index (κ3) is 18.1. The van der Waals surface area contributed by atoms with Gasteiger partial charge in [-0.05, 0) is 155 Å². The summed E-state index contributed by atoms with van der Waals surface area (Å²) in [4.78, 5) is 25.8. The molecule has 6 aromatic carbocycles. The fourth-order valence-corrected chi connectivity index (χ4v) is 8.42. The van der Waals surface area contributed by atoms with E-state index in [1.807, 2.05) is 176 Å². The van der Waals surface area contributed by atoms with Crippen LogP contribution in [-0.4, -0.2) is 29.9 Å². The summed E-state index contributed by atoms with van der Waals surface area (Å²) in [5.41, 5.74) is 21.4. The Kier molecular flexibility index (Phi) is 18.3. The molecule has 82 heavy (non-hydrogen) atoms. The molecule has 12 aromatic rings. The van der Waals surface area contributed by atoms with Gasteiger partial charge in [0.05, 0.1) is 34.2 Å². The maximum absolute atomic E-state index is 7.34. The number of nitrogens with zero attached hydrogens (tertiary/aromatic N) is 6. The molecule has 6 nitrogen and oxygen atoms in total. The van der Waals surface area contributed by atoms with Crippen LogP contribution >= 0.6 is 0 Å². The Labute approximate surface area is 500 Å². The second-order valence-electron chi connectivity index (χ2n) is 19.3. The molecular formula is C76H74N6. The van der Waals surface area contributed by atoms with Crippen molar-refractivity contribution in [1.82, 2.24) is 29.9 Å². The van der Waals surface area contributed by atoms with Crippen molar-refractivity contribution in [2.24, 2.45) is 0 Å². The van der Waals surface area contributed by atoms with Gasteiger partial charge in [-0.2, -0.15) is 0 Å². The van der Waals surface area contributed by atoms with Gasteiger partial charge in [-0.25, -0.2) is 0 Å². The maximum Gasteiger partial charge on any atom is 0.0733 e. The van der Waals surface area contributed by atoms with Crippen LogP contribution in [0.5, 0.6) is 0 Å². The maximum atomic E-state index is 7.34. The highest BCUT2D eigenvalue weighted by Crippen LogP contribution is 2.26. The lowest BCUT2D eigenvalue weighted by molar-refractivity contribution is 1.17. The summed E-state index contributed by atoms with van der Waals surface area (Å²) in [5, 5.41) is 0. The molecule has 12 rings (SSSR count). The normalized spacial score (nSPS) is 12.2. The van der Waals surface area contributed by atoms with Crippen molar-refractivity contribution in [2.75, 3.05) is 0 Å². The van der Waals surface area contributed by atoms with Crippen LogP contribution in [-0.2, 0) is 0 Å². The third-order valence-electron chi connectivity index (χ3n) is 13.2. The van der Waals surface area contributed by atoms with Crippen molar-refractivity contribution in [3.05, 3.63) is 323 Å². The summed E-state index contributed by atoms with van der Waals surface area (Å²) in [5.74, 6) is 0. The molecule has 0 unspecified atom stereocenters. The highest BCUT2D eigenvalue weighted by atomic mass is 14.7. The van der Waals surface area contributed by atoms with Crippen molar-refractivity contribution in [3.8, 4) is 67.5 Å². The lowest BCUT2D eigenvalue weighted by Gasteiger charge is -2.09. The zero-order valence-corrected chi connectivity index (χ0v) is 47.6. The van der Waals surface area contributed by atoms with E-state index in [0.29, 0.717) is 17.0 Å². The molecule has 0 saturated carbocycles. The highest BCUT2D eigenvalue weighted by molar-refractivity contribution is 5.66. The van der Waals surface area contributed by atoms with Crippen LogP contribution in [0, 0.1) is 69.0 Å². The number of hydrogen-bond donors (Lipinski definition) is 0. The van der Waals surface area contributed by atoms with Crippen LogP contribution in [0.3, 0.4) is 0 Å². The third-order valence-corrected chi connectivity index (χ3v) is 13.2. The molecule has 0 spiro atoms. The van der Waals surface area contributed by atoms with E-state index in [9.17, 15) is 0 Å². The van der Waals surface area contributed by atoms with Crippen molar-refractivity contribution < 1.29 is 12.3 Å². The van der Waals surface area contributed by atoms with Crippen LogP contribution in [0.1, 0.15) is 68.1 Å². The Morgan fingerprint density at radius 1 is 0.268 bits per heavy atom. The van der Waals surface area contributed by atoms with Gasteiger partial charge in [-0.15, -0.1) is 0 Å². The van der Waals surface area contributed by atoms with Gasteiger partial charge in [0, 0.05) is 82.4 Å². The summed E-state index contributed by atoms with van der Waals surface area (Å²) in [6.07, 6.45) is 8.67. The van der Waals surface area contributed by atoms with Crippen LogP contribution in [0.2, 0.25) is 0 Å². The SMILES string of the molecule is Cc1ccnc(-c2ccccc2)c1C.Cc1cnc(-c2ccccc2)c(C)c1.Cc1cnc(-c2ccccc2)c(C)c1C.[2H]C([2H])([2H])c1ccc(-c2ccccc2)nc1.[2H]C([2H])([2H])c1cccc(-c2ccccc2)n1.[2H]C([2H])([2H])c1ccnc(-c2ccccc2)c1. The molecule has 408 valence electrons. The smallest absolute Gasteiger partial charge is 0.0733 e. The molecule has 0 aliphatic rings. The standard InChI is InChI=1S/C14H15N.2C13H13N.3C12H11N/c1-10-9-15-14(12(3)11(10)2)13-7-5-4-6-8-13;1-10-8-11(2)13(14-9-10)12-6-4-3-5-7-12;1-10-8-9-14-13(11(10)2)12-6-4-3-5-7-12;1-10-6-5-9-12(13-10)11-7-3-2-4-8-11;1-10-7-8-13-12(9-10)11-5-3-2-4-6-11;1-10-7-8-12(13-9-10)11-5-3-2-4-6-11/h4-9H,1-3H3;2*3-9H,1-2H3;3*2-9H,1H3/i;;;3*1D3. The quantitative estimate of drug-likeness (QED) is 0.165. The zero-order valence-electron chi connectivity index (χ0n) is 56.6. The molecule has 0 amide bonds. The summed E-state index contributed by atoms with van der Waals surface area (Å²) in [6.45, 7) is 8.48. The van der Waals surface area contributed by atoms with Gasteiger partial charge in [0.15, 0.2) is 0 Å². The van der Waals surface area contributed by atoms with Gasteiger partial charge in [0.2, 0.25) is 0 Å². The number of hydrogen-bond acceptors (Lipinski definition) is 6. The molecule has 0 radical (unpaired) electrons. The number of benzene rings is 6. The minimum absolute atomic E-state index is 0.133. The minimum atomic E-state index is -2.15. The zero-order chi connectivity index (χ0) is 65.6. The fourth-order valence-electron chi connectivity index (χ4n) is 8.42. The molecule has 0 bridgehead atoms. The van der Waals surface area contributed by atoms with E-state index in [4.69, 9.17) is 12.3 Å². The van der Waals surface area contributed by atoms with Crippen LogP contribution in [0.4, 0.5) is 0 Å². The van der Waals surface area contributed by atoms with E-state index in [1.54, 1.807) is 24.3 Å². The molecule has 6 heteroatoms. The molecule has 6 aromatic heterocycles. The first-order valence-electron chi connectivity index (χ1n) is 31.5. The molecule has 6 heterocycles. The van der Waals surface area contributed by atoms with Crippen LogP contribution < -0.4 is 0 Å². The Hall–Kier alpha value is -9.78. The largest absolute Gasteiger partial charge is 0.256 e. The van der Waals surface area contributed by atoms with Gasteiger partial charge in [0.1, 0.15) is 0 Å². The first kappa shape index (κ1) is 48.2. The average Bonchev–Trinajstić information content (AvgIpc) is 1.39. The summed E-state index contributed by atoms with van der Waals surface area (Å²) in [6, 6.07) is 75.4. The van der Waals surface area contributed by atoms with E-state index in [1.165, 1.54) is 80.2 Å². The molecule has 0 fully saturated rings. The van der Waals surface area contributed by atoms with Gasteiger partial charge in [-0.1, -0.05) is 200 Å². The first-order chi connectivity index (χ1) is 43.5. The molecular weight excluding hydrogens is 997 g/mol. The Bertz CT molecular complexity index is 4080. The summed E-state index contributed by atoms with van der Waals surface area (Å²) < 4.78 is 65.6. The van der Waals surface area contributed by atoms with Gasteiger partial charge in [-0.3, -0.25) is 29.9 Å². The van der Waals surface area contributed by atoms with Gasteiger partial charge in [0.25, 0.3) is 0 Å². The number of pyridine rings is 6. The lowest BCUT2D eigenvalue weighted by atomic mass is 10.0. The minimum Gasteiger partial charge on any atom is -0.256 e.